The van der Waals surface area contributed by atoms with Crippen molar-refractivity contribution in [3.63, 3.8) is 0 Å². The van der Waals surface area contributed by atoms with Crippen molar-refractivity contribution < 1.29 is 10.2 Å². The number of benzene rings is 1. The second-order valence-electron chi connectivity index (χ2n) is 9.80. The largest absolute Gasteiger partial charge is 0.507 e. The lowest BCUT2D eigenvalue weighted by atomic mass is 9.76. The van der Waals surface area contributed by atoms with Gasteiger partial charge in [0.05, 0.1) is 12.1 Å². The second kappa shape index (κ2) is 6.10. The van der Waals surface area contributed by atoms with Gasteiger partial charge < -0.3 is 15.9 Å². The lowest BCUT2D eigenvalue weighted by molar-refractivity contribution is 0.0400. The van der Waals surface area contributed by atoms with Crippen LogP contribution in [-0.4, -0.2) is 16.3 Å². The predicted molar refractivity (Wildman–Crippen MR) is 97.9 cm³/mol. The monoisotopic (exact) mass is 321 g/mol. The molecule has 0 amide bonds. The zero-order valence-corrected chi connectivity index (χ0v) is 16.3. The van der Waals surface area contributed by atoms with Crippen molar-refractivity contribution in [2.24, 2.45) is 11.1 Å². The van der Waals surface area contributed by atoms with E-state index in [1.54, 1.807) is 0 Å². The van der Waals surface area contributed by atoms with E-state index in [-0.39, 0.29) is 16.2 Å². The van der Waals surface area contributed by atoms with Gasteiger partial charge in [-0.25, -0.2) is 0 Å². The molecule has 0 heterocycles. The quantitative estimate of drug-likeness (QED) is 0.756. The Morgan fingerprint density at radius 3 is 1.43 bits per heavy atom. The first-order valence-electron chi connectivity index (χ1n) is 8.38. The van der Waals surface area contributed by atoms with Gasteiger partial charge in [0.1, 0.15) is 5.75 Å². The zero-order valence-electron chi connectivity index (χ0n) is 16.3. The van der Waals surface area contributed by atoms with Gasteiger partial charge in [0.25, 0.3) is 0 Å². The fourth-order valence-corrected chi connectivity index (χ4v) is 2.71. The minimum atomic E-state index is -0.660. The highest BCUT2D eigenvalue weighted by atomic mass is 16.3. The number of hydrogen-bond acceptors (Lipinski definition) is 3. The van der Waals surface area contributed by atoms with E-state index in [1.807, 2.05) is 32.9 Å². The predicted octanol–water partition coefficient (Wildman–Crippen LogP) is 4.39. The fraction of sp³-hybridized carbons (Fsp3) is 0.700. The van der Waals surface area contributed by atoms with Gasteiger partial charge in [0.2, 0.25) is 0 Å². The third kappa shape index (κ3) is 4.48. The molecule has 1 aromatic carbocycles. The Bertz CT molecular complexity index is 521. The van der Waals surface area contributed by atoms with Crippen LogP contribution in [0.2, 0.25) is 0 Å². The van der Waals surface area contributed by atoms with Crippen molar-refractivity contribution >= 4 is 0 Å². The molecule has 0 saturated carbocycles. The van der Waals surface area contributed by atoms with Gasteiger partial charge >= 0.3 is 0 Å². The number of nitrogens with two attached hydrogens (primary N) is 1. The first-order chi connectivity index (χ1) is 10.1. The third-order valence-electron chi connectivity index (χ3n) is 4.36. The highest BCUT2D eigenvalue weighted by Gasteiger charge is 2.32. The minimum absolute atomic E-state index is 0.202. The molecule has 2 atom stereocenters. The molecule has 0 aliphatic rings. The summed E-state index contributed by atoms with van der Waals surface area (Å²) >= 11 is 0. The van der Waals surface area contributed by atoms with Crippen LogP contribution in [0.3, 0.4) is 0 Å². The van der Waals surface area contributed by atoms with Gasteiger partial charge in [-0.05, 0) is 45.1 Å². The van der Waals surface area contributed by atoms with Crippen LogP contribution in [0.25, 0.3) is 0 Å². The molecule has 0 unspecified atom stereocenters. The van der Waals surface area contributed by atoms with Gasteiger partial charge in [-0.3, -0.25) is 0 Å². The molecule has 0 aliphatic heterocycles. The van der Waals surface area contributed by atoms with Crippen LogP contribution in [0, 0.1) is 5.41 Å². The number of phenols is 1. The van der Waals surface area contributed by atoms with E-state index in [0.29, 0.717) is 5.75 Å². The molecular formula is C20H35NO2. The van der Waals surface area contributed by atoms with E-state index in [1.165, 1.54) is 0 Å². The van der Waals surface area contributed by atoms with E-state index >= 15 is 0 Å². The molecule has 1 rings (SSSR count). The van der Waals surface area contributed by atoms with Gasteiger partial charge in [0.15, 0.2) is 0 Å². The molecule has 0 bridgehead atoms. The van der Waals surface area contributed by atoms with Crippen LogP contribution in [0.1, 0.15) is 85.0 Å². The first kappa shape index (κ1) is 20.0. The molecule has 0 spiro atoms. The van der Waals surface area contributed by atoms with Crippen molar-refractivity contribution in [2.45, 2.75) is 85.3 Å². The third-order valence-corrected chi connectivity index (χ3v) is 4.36. The summed E-state index contributed by atoms with van der Waals surface area (Å²) < 4.78 is 0. The van der Waals surface area contributed by atoms with Crippen LogP contribution in [0.15, 0.2) is 12.1 Å². The van der Waals surface area contributed by atoms with Crippen LogP contribution in [0.5, 0.6) is 5.75 Å². The first-order valence-corrected chi connectivity index (χ1v) is 8.38. The maximum atomic E-state index is 10.8. The van der Waals surface area contributed by atoms with Crippen LogP contribution < -0.4 is 5.73 Å². The highest BCUT2D eigenvalue weighted by molar-refractivity contribution is 5.50. The Hall–Kier alpha value is -1.06. The molecule has 0 aromatic heterocycles. The van der Waals surface area contributed by atoms with Crippen molar-refractivity contribution in [3.05, 3.63) is 28.8 Å². The lowest BCUT2D eigenvalue weighted by Gasteiger charge is -2.33. The molecular weight excluding hydrogens is 286 g/mol. The molecule has 23 heavy (non-hydrogen) atoms. The maximum absolute atomic E-state index is 10.8. The molecule has 0 aliphatic carbocycles. The Labute approximate surface area is 141 Å². The summed E-state index contributed by atoms with van der Waals surface area (Å²) in [5, 5.41) is 21.3. The number of aromatic hydroxyl groups is 1. The SMILES string of the molecule is CC(C)(C)c1cc([C@H](N)[C@H](O)C(C)(C)C)cc(C(C)(C)C)c1O. The van der Waals surface area contributed by atoms with E-state index in [4.69, 9.17) is 5.73 Å². The summed E-state index contributed by atoms with van der Waals surface area (Å²) in [6, 6.07) is 3.41. The Morgan fingerprint density at radius 2 is 1.17 bits per heavy atom. The van der Waals surface area contributed by atoms with Crippen molar-refractivity contribution in [2.75, 3.05) is 0 Å². The van der Waals surface area contributed by atoms with E-state index < -0.39 is 12.1 Å². The maximum Gasteiger partial charge on any atom is 0.123 e. The molecule has 1 aromatic rings. The van der Waals surface area contributed by atoms with E-state index in [2.05, 4.69) is 41.5 Å². The Kier molecular flexibility index (Phi) is 5.30. The smallest absolute Gasteiger partial charge is 0.123 e. The molecule has 132 valence electrons. The molecule has 0 radical (unpaired) electrons. The van der Waals surface area contributed by atoms with Crippen molar-refractivity contribution in [1.82, 2.24) is 0 Å². The average Bonchev–Trinajstić information content (AvgIpc) is 2.33. The fourth-order valence-electron chi connectivity index (χ4n) is 2.71. The molecule has 3 nitrogen and oxygen atoms in total. The summed E-state index contributed by atoms with van der Waals surface area (Å²) in [4.78, 5) is 0. The number of hydrogen-bond donors (Lipinski definition) is 3. The highest BCUT2D eigenvalue weighted by Crippen LogP contribution is 2.41. The van der Waals surface area contributed by atoms with Crippen molar-refractivity contribution in [3.8, 4) is 5.75 Å². The number of aliphatic hydroxyl groups is 1. The van der Waals surface area contributed by atoms with E-state index in [0.717, 1.165) is 16.7 Å². The summed E-state index contributed by atoms with van der Waals surface area (Å²) in [6.45, 7) is 18.4. The van der Waals surface area contributed by atoms with Crippen LogP contribution in [-0.2, 0) is 10.8 Å². The van der Waals surface area contributed by atoms with Gasteiger partial charge in [-0.2, -0.15) is 0 Å². The summed E-state index contributed by atoms with van der Waals surface area (Å²) in [5.74, 6) is 0.339. The van der Waals surface area contributed by atoms with Crippen LogP contribution in [0.4, 0.5) is 0 Å². The summed E-state index contributed by atoms with van der Waals surface area (Å²) in [5.41, 5.74) is 8.28. The molecule has 4 N–H and O–H groups in total. The molecule has 0 saturated heterocycles. The molecule has 0 fully saturated rings. The van der Waals surface area contributed by atoms with Gasteiger partial charge in [0, 0.05) is 0 Å². The van der Waals surface area contributed by atoms with Crippen molar-refractivity contribution in [1.29, 1.82) is 0 Å². The minimum Gasteiger partial charge on any atom is -0.507 e. The lowest BCUT2D eigenvalue weighted by Crippen LogP contribution is -2.37. The summed E-state index contributed by atoms with van der Waals surface area (Å²) in [6.07, 6.45) is -0.660. The second-order valence-corrected chi connectivity index (χ2v) is 9.80. The number of aliphatic hydroxyl groups excluding tert-OH is 1. The van der Waals surface area contributed by atoms with E-state index in [9.17, 15) is 10.2 Å². The normalized spacial score (nSPS) is 16.3. The summed E-state index contributed by atoms with van der Waals surface area (Å²) in [7, 11) is 0. The van der Waals surface area contributed by atoms with Gasteiger partial charge in [-0.1, -0.05) is 62.3 Å². The standard InChI is InChI=1S/C20H35NO2/c1-18(2,3)13-10-12(15(21)17(23)20(7,8)9)11-14(16(13)22)19(4,5)6/h10-11,15,17,22-23H,21H2,1-9H3/t15-,17-/m0/s1. The Morgan fingerprint density at radius 1 is 0.826 bits per heavy atom. The average molecular weight is 322 g/mol. The van der Waals surface area contributed by atoms with Crippen LogP contribution >= 0.6 is 0 Å². The number of phenolic OH excluding ortho intramolecular Hbond substituents is 1. The number of rotatable bonds is 2. The Balaban J connectivity index is 3.57. The molecule has 3 heteroatoms. The van der Waals surface area contributed by atoms with Gasteiger partial charge in [-0.15, -0.1) is 0 Å². The zero-order chi connectivity index (χ0) is 18.4. The topological polar surface area (TPSA) is 66.5 Å².